The fourth-order valence-electron chi connectivity index (χ4n) is 3.29. The molecule has 2 rings (SSSR count). The summed E-state index contributed by atoms with van der Waals surface area (Å²) in [4.78, 5) is 25.7. The van der Waals surface area contributed by atoms with Gasteiger partial charge in [0.1, 0.15) is 5.75 Å². The number of Topliss-reactive ketones (excluding diaryl/α,β-unsaturated/α-hetero) is 1. The second-order valence-electron chi connectivity index (χ2n) is 7.43. The summed E-state index contributed by atoms with van der Waals surface area (Å²) in [6, 6.07) is 7.68. The second-order valence-corrected chi connectivity index (χ2v) is 7.43. The van der Waals surface area contributed by atoms with Crippen molar-refractivity contribution in [2.24, 2.45) is 5.92 Å². The lowest BCUT2D eigenvalue weighted by molar-refractivity contribution is -0.121. The second kappa shape index (κ2) is 10.3. The van der Waals surface area contributed by atoms with Crippen molar-refractivity contribution in [2.45, 2.75) is 52.5 Å². The summed E-state index contributed by atoms with van der Waals surface area (Å²) in [5, 5.41) is 3.07. The molecule has 1 amide bonds. The third kappa shape index (κ3) is 6.79. The molecule has 1 aliphatic heterocycles. The van der Waals surface area contributed by atoms with Crippen molar-refractivity contribution in [3.8, 4) is 5.75 Å². The Morgan fingerprint density at radius 2 is 2.00 bits per heavy atom. The van der Waals surface area contributed by atoms with Crippen molar-refractivity contribution in [1.82, 2.24) is 10.2 Å². The van der Waals surface area contributed by atoms with E-state index in [0.717, 1.165) is 18.8 Å². The SMILES string of the molecule is CC(=O)c1ccc(OCCCC(=O)NCC2CCCN(C(C)C)C2)cc1. The number of ether oxygens (including phenoxy) is 1. The molecule has 0 aromatic heterocycles. The molecule has 1 heterocycles. The largest absolute Gasteiger partial charge is 0.494 e. The van der Waals surface area contributed by atoms with Crippen LogP contribution >= 0.6 is 0 Å². The molecule has 0 spiro atoms. The van der Waals surface area contributed by atoms with Gasteiger partial charge >= 0.3 is 0 Å². The Bertz CT molecular complexity index is 583. The monoisotopic (exact) mass is 360 g/mol. The Hall–Kier alpha value is -1.88. The lowest BCUT2D eigenvalue weighted by atomic mass is 9.97. The van der Waals surface area contributed by atoms with E-state index in [0.29, 0.717) is 37.0 Å². The van der Waals surface area contributed by atoms with Crippen LogP contribution in [-0.4, -0.2) is 48.9 Å². The maximum atomic E-state index is 12.0. The lowest BCUT2D eigenvalue weighted by Crippen LogP contribution is -2.43. The molecule has 1 aliphatic rings. The molecular weight excluding hydrogens is 328 g/mol. The van der Waals surface area contributed by atoms with E-state index in [4.69, 9.17) is 4.74 Å². The number of hydrogen-bond acceptors (Lipinski definition) is 4. The molecule has 0 radical (unpaired) electrons. The van der Waals surface area contributed by atoms with E-state index >= 15 is 0 Å². The maximum absolute atomic E-state index is 12.0. The van der Waals surface area contributed by atoms with Gasteiger partial charge in [-0.2, -0.15) is 0 Å². The number of rotatable bonds is 9. The van der Waals surface area contributed by atoms with Crippen molar-refractivity contribution in [3.63, 3.8) is 0 Å². The van der Waals surface area contributed by atoms with Gasteiger partial charge in [-0.05, 0) is 76.8 Å². The standard InChI is InChI=1S/C21H32N2O3/c1-16(2)23-12-4-6-18(15-23)14-22-21(25)7-5-13-26-20-10-8-19(9-11-20)17(3)24/h8-11,16,18H,4-7,12-15H2,1-3H3,(H,22,25). The zero-order chi connectivity index (χ0) is 18.9. The topological polar surface area (TPSA) is 58.6 Å². The van der Waals surface area contributed by atoms with Gasteiger partial charge in [0.05, 0.1) is 6.61 Å². The molecule has 1 aromatic rings. The van der Waals surface area contributed by atoms with E-state index in [9.17, 15) is 9.59 Å². The normalized spacial score (nSPS) is 17.9. The third-order valence-corrected chi connectivity index (χ3v) is 4.95. The number of amides is 1. The summed E-state index contributed by atoms with van der Waals surface area (Å²) < 4.78 is 5.63. The van der Waals surface area contributed by atoms with Crippen molar-refractivity contribution in [1.29, 1.82) is 0 Å². The van der Waals surface area contributed by atoms with Gasteiger partial charge < -0.3 is 15.0 Å². The summed E-state index contributed by atoms with van der Waals surface area (Å²) in [5.74, 6) is 1.43. The summed E-state index contributed by atoms with van der Waals surface area (Å²) in [6.07, 6.45) is 3.58. The van der Waals surface area contributed by atoms with Crippen molar-refractivity contribution >= 4 is 11.7 Å². The Balaban J connectivity index is 1.59. The number of likely N-dealkylation sites (tertiary alicyclic amines) is 1. The molecule has 144 valence electrons. The average molecular weight is 360 g/mol. The third-order valence-electron chi connectivity index (χ3n) is 4.95. The van der Waals surface area contributed by atoms with E-state index in [1.165, 1.54) is 19.4 Å². The number of ketones is 1. The average Bonchev–Trinajstić information content (AvgIpc) is 2.64. The van der Waals surface area contributed by atoms with Crippen molar-refractivity contribution in [2.75, 3.05) is 26.2 Å². The van der Waals surface area contributed by atoms with Gasteiger partial charge in [0.25, 0.3) is 0 Å². The molecule has 1 N–H and O–H groups in total. The Morgan fingerprint density at radius 1 is 1.27 bits per heavy atom. The number of benzene rings is 1. The van der Waals surface area contributed by atoms with Gasteiger partial charge in [0.2, 0.25) is 5.91 Å². The molecule has 5 heteroatoms. The molecule has 1 fully saturated rings. The minimum atomic E-state index is 0.0442. The predicted octanol–water partition coefficient (Wildman–Crippen LogP) is 3.28. The number of carbonyl (C=O) groups is 2. The number of nitrogens with one attached hydrogen (secondary N) is 1. The van der Waals surface area contributed by atoms with Gasteiger partial charge in [-0.25, -0.2) is 0 Å². The lowest BCUT2D eigenvalue weighted by Gasteiger charge is -2.35. The molecule has 1 aromatic carbocycles. The van der Waals surface area contributed by atoms with Crippen LogP contribution in [0.15, 0.2) is 24.3 Å². The Morgan fingerprint density at radius 3 is 2.65 bits per heavy atom. The van der Waals surface area contributed by atoms with Gasteiger partial charge in [-0.1, -0.05) is 0 Å². The smallest absolute Gasteiger partial charge is 0.220 e. The minimum Gasteiger partial charge on any atom is -0.494 e. The predicted molar refractivity (Wildman–Crippen MR) is 104 cm³/mol. The quantitative estimate of drug-likeness (QED) is 0.542. The van der Waals surface area contributed by atoms with E-state index < -0.39 is 0 Å². The molecular formula is C21H32N2O3. The van der Waals surface area contributed by atoms with Crippen molar-refractivity contribution < 1.29 is 14.3 Å². The van der Waals surface area contributed by atoms with Crippen LogP contribution in [0, 0.1) is 5.92 Å². The van der Waals surface area contributed by atoms with E-state index in [1.54, 1.807) is 31.2 Å². The van der Waals surface area contributed by atoms with Crippen LogP contribution in [0.2, 0.25) is 0 Å². The Labute approximate surface area is 157 Å². The highest BCUT2D eigenvalue weighted by Gasteiger charge is 2.21. The fraction of sp³-hybridized carbons (Fsp3) is 0.619. The van der Waals surface area contributed by atoms with Crippen LogP contribution in [0.5, 0.6) is 5.75 Å². The van der Waals surface area contributed by atoms with Crippen LogP contribution in [0.4, 0.5) is 0 Å². The fourth-order valence-corrected chi connectivity index (χ4v) is 3.29. The summed E-state index contributed by atoms with van der Waals surface area (Å²) in [6.45, 7) is 9.53. The van der Waals surface area contributed by atoms with Gasteiger partial charge in [0.15, 0.2) is 5.78 Å². The van der Waals surface area contributed by atoms with E-state index in [1.807, 2.05) is 0 Å². The number of nitrogens with zero attached hydrogens (tertiary/aromatic N) is 1. The molecule has 0 aliphatic carbocycles. The zero-order valence-electron chi connectivity index (χ0n) is 16.3. The van der Waals surface area contributed by atoms with Gasteiger partial charge in [-0.15, -0.1) is 0 Å². The first-order valence-corrected chi connectivity index (χ1v) is 9.70. The molecule has 26 heavy (non-hydrogen) atoms. The summed E-state index contributed by atoms with van der Waals surface area (Å²) >= 11 is 0. The molecule has 1 saturated heterocycles. The first-order valence-electron chi connectivity index (χ1n) is 9.70. The van der Waals surface area contributed by atoms with Crippen molar-refractivity contribution in [3.05, 3.63) is 29.8 Å². The molecule has 0 bridgehead atoms. The highest BCUT2D eigenvalue weighted by atomic mass is 16.5. The molecule has 1 atom stereocenters. The number of carbonyl (C=O) groups excluding carboxylic acids is 2. The summed E-state index contributed by atoms with van der Waals surface area (Å²) in [5.41, 5.74) is 0.676. The van der Waals surface area contributed by atoms with E-state index in [-0.39, 0.29) is 11.7 Å². The first-order chi connectivity index (χ1) is 12.5. The zero-order valence-corrected chi connectivity index (χ0v) is 16.3. The van der Waals surface area contributed by atoms with E-state index in [2.05, 4.69) is 24.1 Å². The highest BCUT2D eigenvalue weighted by Crippen LogP contribution is 2.17. The van der Waals surface area contributed by atoms with Crippen LogP contribution < -0.4 is 10.1 Å². The number of hydrogen-bond donors (Lipinski definition) is 1. The van der Waals surface area contributed by atoms with Gasteiger partial charge in [0, 0.05) is 31.1 Å². The minimum absolute atomic E-state index is 0.0442. The van der Waals surface area contributed by atoms with Crippen LogP contribution in [0.3, 0.4) is 0 Å². The highest BCUT2D eigenvalue weighted by molar-refractivity contribution is 5.94. The molecule has 0 saturated carbocycles. The molecule has 1 unspecified atom stereocenters. The summed E-state index contributed by atoms with van der Waals surface area (Å²) in [7, 11) is 0. The number of piperidine rings is 1. The Kier molecular flexibility index (Phi) is 8.10. The van der Waals surface area contributed by atoms with Crippen LogP contribution in [-0.2, 0) is 4.79 Å². The van der Waals surface area contributed by atoms with Crippen LogP contribution in [0.1, 0.15) is 56.8 Å². The molecule has 5 nitrogen and oxygen atoms in total. The maximum Gasteiger partial charge on any atom is 0.220 e. The van der Waals surface area contributed by atoms with Gasteiger partial charge in [-0.3, -0.25) is 9.59 Å². The first kappa shape index (κ1) is 20.4. The van der Waals surface area contributed by atoms with Crippen LogP contribution in [0.25, 0.3) is 0 Å².